The number of likely N-dealkylation sites (tertiary alicyclic amines) is 1. The molecule has 238 valence electrons. The van der Waals surface area contributed by atoms with Crippen LogP contribution in [0.3, 0.4) is 0 Å². The number of esters is 4. The van der Waals surface area contributed by atoms with Crippen LogP contribution < -0.4 is 4.74 Å². The molecule has 44 heavy (non-hydrogen) atoms. The van der Waals surface area contributed by atoms with E-state index in [-0.39, 0.29) is 24.8 Å². The molecule has 0 aromatic heterocycles. The Labute approximate surface area is 252 Å². The van der Waals surface area contributed by atoms with Gasteiger partial charge in [0.2, 0.25) is 6.10 Å². The summed E-state index contributed by atoms with van der Waals surface area (Å²) in [5.74, 6) is -5.12. The minimum Gasteiger partial charge on any atom is -0.481 e. The first-order chi connectivity index (χ1) is 20.7. The lowest BCUT2D eigenvalue weighted by Crippen LogP contribution is -2.74. The van der Waals surface area contributed by atoms with Gasteiger partial charge in [0, 0.05) is 30.5 Å². The van der Waals surface area contributed by atoms with Gasteiger partial charge >= 0.3 is 29.8 Å². The number of likely N-dealkylation sites (N-methyl/N-ethyl adjacent to an activating group) is 1. The van der Waals surface area contributed by atoms with E-state index in [0.717, 1.165) is 31.9 Å². The maximum atomic E-state index is 13.2. The van der Waals surface area contributed by atoms with Gasteiger partial charge in [-0.3, -0.25) is 9.59 Å². The molecule has 3 N–H and O–H groups in total. The minimum atomic E-state index is -1.79. The second-order valence-electron chi connectivity index (χ2n) is 11.7. The number of carboxylic acid groups (broad SMARTS) is 1. The van der Waals surface area contributed by atoms with Crippen molar-refractivity contribution in [1.29, 1.82) is 0 Å². The molecular formula is C30H35NO13. The van der Waals surface area contributed by atoms with Crippen LogP contribution in [0.1, 0.15) is 56.7 Å². The first kappa shape index (κ1) is 31.4. The van der Waals surface area contributed by atoms with Gasteiger partial charge in [0.1, 0.15) is 11.5 Å². The van der Waals surface area contributed by atoms with E-state index in [1.54, 1.807) is 12.1 Å². The summed E-state index contributed by atoms with van der Waals surface area (Å²) >= 11 is 0. The molecule has 14 heteroatoms. The third kappa shape index (κ3) is 5.00. The third-order valence-electron chi connectivity index (χ3n) is 9.05. The van der Waals surface area contributed by atoms with Crippen molar-refractivity contribution in [3.05, 3.63) is 40.7 Å². The van der Waals surface area contributed by atoms with Gasteiger partial charge in [0.25, 0.3) is 0 Å². The van der Waals surface area contributed by atoms with Crippen molar-refractivity contribution in [3.8, 4) is 5.75 Å². The third-order valence-corrected chi connectivity index (χ3v) is 9.05. The molecule has 2 aliphatic carbocycles. The average Bonchev–Trinajstić information content (AvgIpc) is 3.31. The predicted octanol–water partition coefficient (Wildman–Crippen LogP) is 0.270. The normalized spacial score (nSPS) is 28.3. The molecule has 14 nitrogen and oxygen atoms in total. The number of aliphatic hydroxyl groups excluding tert-OH is 1. The maximum absolute atomic E-state index is 13.2. The van der Waals surface area contributed by atoms with Gasteiger partial charge in [-0.05, 0) is 51.9 Å². The molecule has 7 atom stereocenters. The van der Waals surface area contributed by atoms with Crippen molar-refractivity contribution >= 4 is 29.8 Å². The molecule has 0 unspecified atom stereocenters. The van der Waals surface area contributed by atoms with Crippen LogP contribution in [0.15, 0.2) is 24.0 Å². The van der Waals surface area contributed by atoms with E-state index in [1.165, 1.54) is 0 Å². The van der Waals surface area contributed by atoms with Crippen LogP contribution >= 0.6 is 0 Å². The number of aliphatic hydroxyl groups is 2. The fourth-order valence-corrected chi connectivity index (χ4v) is 6.95. The zero-order valence-electron chi connectivity index (χ0n) is 24.7. The quantitative estimate of drug-likeness (QED) is 0.239. The summed E-state index contributed by atoms with van der Waals surface area (Å²) in [6, 6.07) is 3.48. The summed E-state index contributed by atoms with van der Waals surface area (Å²) in [6.07, 6.45) is -3.74. The van der Waals surface area contributed by atoms with Crippen molar-refractivity contribution in [1.82, 2.24) is 4.90 Å². The van der Waals surface area contributed by atoms with Gasteiger partial charge in [0.15, 0.2) is 18.3 Å². The molecule has 0 saturated carbocycles. The van der Waals surface area contributed by atoms with Crippen LogP contribution in [-0.2, 0) is 61.4 Å². The number of piperidine rings is 1. The molecule has 1 aromatic carbocycles. The largest absolute Gasteiger partial charge is 0.481 e. The Morgan fingerprint density at radius 1 is 1.09 bits per heavy atom. The zero-order valence-corrected chi connectivity index (χ0v) is 24.7. The number of rotatable bonds is 10. The molecule has 2 heterocycles. The number of carbonyl (C=O) groups is 5. The maximum Gasteiger partial charge on any atom is 0.348 e. The summed E-state index contributed by atoms with van der Waals surface area (Å²) in [6.45, 7) is 3.61. The van der Waals surface area contributed by atoms with E-state index in [4.69, 9.17) is 28.8 Å². The van der Waals surface area contributed by atoms with E-state index in [2.05, 4.69) is 4.90 Å². The lowest BCUT2D eigenvalue weighted by Gasteiger charge is -2.61. The van der Waals surface area contributed by atoms with E-state index in [0.29, 0.717) is 30.7 Å². The molecule has 1 fully saturated rings. The molecule has 1 saturated heterocycles. The molecule has 0 amide bonds. The van der Waals surface area contributed by atoms with Crippen LogP contribution in [0.2, 0.25) is 0 Å². The second kappa shape index (κ2) is 11.5. The summed E-state index contributed by atoms with van der Waals surface area (Å²) in [4.78, 5) is 63.0. The summed E-state index contributed by atoms with van der Waals surface area (Å²) in [5.41, 5.74) is 0.124. The summed E-state index contributed by atoms with van der Waals surface area (Å²) in [5, 5.41) is 31.2. The number of nitrogens with zero attached hydrogens (tertiary/aromatic N) is 1. The highest BCUT2D eigenvalue weighted by molar-refractivity contribution is 5.87. The lowest BCUT2D eigenvalue weighted by atomic mass is 9.50. The van der Waals surface area contributed by atoms with E-state index in [1.807, 2.05) is 13.1 Å². The van der Waals surface area contributed by atoms with Crippen LogP contribution in [-0.4, -0.2) is 99.7 Å². The molecular weight excluding hydrogens is 582 g/mol. The summed E-state index contributed by atoms with van der Waals surface area (Å²) in [7, 11) is 1.95. The topological polar surface area (TPSA) is 195 Å². The predicted molar refractivity (Wildman–Crippen MR) is 146 cm³/mol. The molecule has 1 spiro atoms. The van der Waals surface area contributed by atoms with Gasteiger partial charge in [-0.15, -0.1) is 0 Å². The Kier molecular flexibility index (Phi) is 8.20. The number of benzene rings is 1. The number of aliphatic carboxylic acids is 1. The van der Waals surface area contributed by atoms with Crippen LogP contribution in [0.25, 0.3) is 0 Å². The highest BCUT2D eigenvalue weighted by atomic mass is 16.6. The highest BCUT2D eigenvalue weighted by Gasteiger charge is 2.71. The molecule has 5 rings (SSSR count). The van der Waals surface area contributed by atoms with Crippen molar-refractivity contribution < 1.29 is 63.0 Å². The minimum absolute atomic E-state index is 0.116. The van der Waals surface area contributed by atoms with Crippen molar-refractivity contribution in [2.24, 2.45) is 0 Å². The number of carbonyl (C=O) groups excluding carboxylic acids is 4. The fourth-order valence-electron chi connectivity index (χ4n) is 6.95. The standard InChI is InChI=1S/C30H35NO13/c1-14(26(35)36)40-27(37)15(2)41-28(38)20(42-16(3)33)12-22(34)43-19-7-8-30(39)21-11-17-5-6-18(13-32)24-23(17)29(30,25(19)44-24)9-10-31(21)4/h5-7,14-15,20-21,25,32,39H,8-13H2,1-4H3,(H,35,36)/t14-,15-,20-,21+,25-,29-,30+/m0/s1. The van der Waals surface area contributed by atoms with Crippen LogP contribution in [0.5, 0.6) is 5.75 Å². The first-order valence-corrected chi connectivity index (χ1v) is 14.3. The lowest BCUT2D eigenvalue weighted by molar-refractivity contribution is -0.183. The van der Waals surface area contributed by atoms with Crippen LogP contribution in [0, 0.1) is 0 Å². The van der Waals surface area contributed by atoms with Gasteiger partial charge in [-0.25, -0.2) is 14.4 Å². The van der Waals surface area contributed by atoms with Crippen molar-refractivity contribution in [2.75, 3.05) is 13.6 Å². The first-order valence-electron chi connectivity index (χ1n) is 14.3. The Hall–Kier alpha value is -4.01. The Morgan fingerprint density at radius 2 is 1.80 bits per heavy atom. The molecule has 1 aromatic rings. The zero-order chi connectivity index (χ0) is 32.1. The van der Waals surface area contributed by atoms with Gasteiger partial charge in [-0.2, -0.15) is 0 Å². The number of hydrogen-bond donors (Lipinski definition) is 3. The van der Waals surface area contributed by atoms with E-state index >= 15 is 0 Å². The SMILES string of the molecule is CC(=O)O[C@@H](CC(=O)OC1=CC[C@@]2(O)[C@H]3Cc4ccc(CO)c5c4[C@@]2(CCN3C)[C@H]1O5)C(=O)O[C@@H](C)C(=O)O[C@@H](C)C(=O)O. The number of carboxylic acids is 1. The Morgan fingerprint density at radius 3 is 2.45 bits per heavy atom. The van der Waals surface area contributed by atoms with Crippen molar-refractivity contribution in [2.45, 2.75) is 94.5 Å². The smallest absolute Gasteiger partial charge is 0.348 e. The molecule has 2 aliphatic heterocycles. The Bertz CT molecular complexity index is 1440. The molecule has 2 bridgehead atoms. The van der Waals surface area contributed by atoms with Gasteiger partial charge in [0.05, 0.1) is 24.0 Å². The number of ether oxygens (including phenoxy) is 5. The second-order valence-corrected chi connectivity index (χ2v) is 11.7. The monoisotopic (exact) mass is 617 g/mol. The molecule has 0 radical (unpaired) electrons. The Balaban J connectivity index is 1.36. The summed E-state index contributed by atoms with van der Waals surface area (Å²) < 4.78 is 26.8. The fraction of sp³-hybridized carbons (Fsp3) is 0.567. The number of hydrogen-bond acceptors (Lipinski definition) is 13. The van der Waals surface area contributed by atoms with E-state index < -0.39 is 71.7 Å². The van der Waals surface area contributed by atoms with Crippen molar-refractivity contribution in [3.63, 3.8) is 0 Å². The van der Waals surface area contributed by atoms with Crippen LogP contribution in [0.4, 0.5) is 0 Å². The average molecular weight is 618 g/mol. The van der Waals surface area contributed by atoms with E-state index in [9.17, 15) is 34.2 Å². The van der Waals surface area contributed by atoms with Gasteiger partial charge < -0.3 is 43.9 Å². The van der Waals surface area contributed by atoms with Gasteiger partial charge in [-0.1, -0.05) is 12.1 Å². The highest BCUT2D eigenvalue weighted by Crippen LogP contribution is 2.64. The molecule has 4 aliphatic rings.